The molecule has 0 fully saturated rings. The van der Waals surface area contributed by atoms with E-state index in [1.165, 1.54) is 4.88 Å². The van der Waals surface area contributed by atoms with Crippen molar-refractivity contribution in [3.8, 4) is 6.07 Å². The van der Waals surface area contributed by atoms with Crippen LogP contribution in [0.5, 0.6) is 0 Å². The average Bonchev–Trinajstić information content (AvgIpc) is 2.92. The number of thiophene rings is 1. The summed E-state index contributed by atoms with van der Waals surface area (Å²) < 4.78 is 0. The van der Waals surface area contributed by atoms with Crippen molar-refractivity contribution >= 4 is 11.3 Å². The van der Waals surface area contributed by atoms with Crippen molar-refractivity contribution in [2.45, 2.75) is 25.6 Å². The van der Waals surface area contributed by atoms with Gasteiger partial charge in [0, 0.05) is 17.5 Å². The maximum atomic E-state index is 8.96. The van der Waals surface area contributed by atoms with E-state index in [0.717, 1.165) is 12.1 Å². The van der Waals surface area contributed by atoms with Crippen LogP contribution in [-0.4, -0.2) is 18.0 Å². The van der Waals surface area contributed by atoms with Crippen molar-refractivity contribution in [2.24, 2.45) is 5.73 Å². The van der Waals surface area contributed by atoms with Crippen LogP contribution in [0.3, 0.4) is 0 Å². The van der Waals surface area contributed by atoms with Gasteiger partial charge in [0.2, 0.25) is 0 Å². The third-order valence-electron chi connectivity index (χ3n) is 3.30. The second-order valence-electron chi connectivity index (χ2n) is 5.05. The highest BCUT2D eigenvalue weighted by Crippen LogP contribution is 2.27. The zero-order valence-electron chi connectivity index (χ0n) is 11.8. The molecule has 0 radical (unpaired) electrons. The highest BCUT2D eigenvalue weighted by atomic mass is 32.1. The predicted octanol–water partition coefficient (Wildman–Crippen LogP) is 3.14. The number of benzene rings is 1. The van der Waals surface area contributed by atoms with Crippen molar-refractivity contribution in [1.82, 2.24) is 4.90 Å². The minimum Gasteiger partial charge on any atom is -0.326 e. The molecule has 0 saturated carbocycles. The second-order valence-corrected chi connectivity index (χ2v) is 6.03. The first-order chi connectivity index (χ1) is 9.61. The Hall–Kier alpha value is -1.67. The Morgan fingerprint density at radius 2 is 2.15 bits per heavy atom. The molecule has 3 nitrogen and oxygen atoms in total. The zero-order chi connectivity index (χ0) is 14.5. The lowest BCUT2D eigenvalue weighted by Gasteiger charge is -2.30. The molecule has 4 heteroatoms. The fourth-order valence-electron chi connectivity index (χ4n) is 2.46. The molecule has 2 rings (SSSR count). The molecule has 0 aliphatic carbocycles. The van der Waals surface area contributed by atoms with Gasteiger partial charge in [0.05, 0.1) is 17.7 Å². The Morgan fingerprint density at radius 1 is 1.35 bits per heavy atom. The van der Waals surface area contributed by atoms with E-state index in [4.69, 9.17) is 11.0 Å². The number of nitrogens with two attached hydrogens (primary N) is 1. The molecule has 0 aliphatic rings. The van der Waals surface area contributed by atoms with Gasteiger partial charge in [-0.25, -0.2) is 0 Å². The first kappa shape index (κ1) is 14.7. The lowest BCUT2D eigenvalue weighted by molar-refractivity contribution is 0.214. The summed E-state index contributed by atoms with van der Waals surface area (Å²) in [5.41, 5.74) is 7.98. The SMILES string of the molecule is CC(N)C(c1cccs1)N(C)Cc1cccc(C#N)c1. The predicted molar refractivity (Wildman–Crippen MR) is 83.3 cm³/mol. The van der Waals surface area contributed by atoms with Crippen molar-refractivity contribution in [1.29, 1.82) is 5.26 Å². The second kappa shape index (κ2) is 6.67. The van der Waals surface area contributed by atoms with Crippen LogP contribution in [0.4, 0.5) is 0 Å². The number of rotatable bonds is 5. The summed E-state index contributed by atoms with van der Waals surface area (Å²) in [5.74, 6) is 0. The molecular weight excluding hydrogens is 266 g/mol. The van der Waals surface area contributed by atoms with Crippen LogP contribution < -0.4 is 5.73 Å². The Balaban J connectivity index is 2.16. The summed E-state index contributed by atoms with van der Waals surface area (Å²) in [5, 5.41) is 11.0. The van der Waals surface area contributed by atoms with E-state index in [1.807, 2.05) is 31.2 Å². The van der Waals surface area contributed by atoms with Crippen LogP contribution in [0, 0.1) is 11.3 Å². The molecule has 2 N–H and O–H groups in total. The molecule has 1 aromatic heterocycles. The van der Waals surface area contributed by atoms with Crippen LogP contribution in [-0.2, 0) is 6.54 Å². The highest BCUT2D eigenvalue weighted by molar-refractivity contribution is 7.10. The molecule has 0 amide bonds. The number of nitriles is 1. The standard InChI is InChI=1S/C16H19N3S/c1-12(18)16(15-7-4-8-20-15)19(2)11-14-6-3-5-13(9-14)10-17/h3-9,12,16H,11,18H2,1-2H3. The molecular formula is C16H19N3S. The van der Waals surface area contributed by atoms with Crippen molar-refractivity contribution in [2.75, 3.05) is 7.05 Å². The molecule has 104 valence electrons. The smallest absolute Gasteiger partial charge is 0.0991 e. The van der Waals surface area contributed by atoms with E-state index in [9.17, 15) is 0 Å². The van der Waals surface area contributed by atoms with Crippen LogP contribution >= 0.6 is 11.3 Å². The monoisotopic (exact) mass is 285 g/mol. The lowest BCUT2D eigenvalue weighted by Crippen LogP contribution is -2.36. The van der Waals surface area contributed by atoms with Gasteiger partial charge in [0.1, 0.15) is 0 Å². The maximum Gasteiger partial charge on any atom is 0.0991 e. The lowest BCUT2D eigenvalue weighted by atomic mass is 10.1. The van der Waals surface area contributed by atoms with Gasteiger partial charge < -0.3 is 5.73 Å². The first-order valence-electron chi connectivity index (χ1n) is 6.60. The van der Waals surface area contributed by atoms with Crippen molar-refractivity contribution in [3.05, 3.63) is 57.8 Å². The van der Waals surface area contributed by atoms with E-state index in [0.29, 0.717) is 5.56 Å². The molecule has 2 aromatic rings. The summed E-state index contributed by atoms with van der Waals surface area (Å²) in [6.07, 6.45) is 0. The molecule has 2 atom stereocenters. The number of hydrogen-bond donors (Lipinski definition) is 1. The Kier molecular flexibility index (Phi) is 4.91. The third-order valence-corrected chi connectivity index (χ3v) is 4.24. The Morgan fingerprint density at radius 3 is 2.75 bits per heavy atom. The first-order valence-corrected chi connectivity index (χ1v) is 7.48. The largest absolute Gasteiger partial charge is 0.326 e. The van der Waals surface area contributed by atoms with E-state index in [2.05, 4.69) is 35.5 Å². The van der Waals surface area contributed by atoms with Gasteiger partial charge in [-0.2, -0.15) is 5.26 Å². The molecule has 0 aliphatic heterocycles. The van der Waals surface area contributed by atoms with Crippen LogP contribution in [0.1, 0.15) is 29.0 Å². The summed E-state index contributed by atoms with van der Waals surface area (Å²) in [7, 11) is 2.08. The number of likely N-dealkylation sites (N-methyl/N-ethyl adjacent to an activating group) is 1. The van der Waals surface area contributed by atoms with E-state index >= 15 is 0 Å². The van der Waals surface area contributed by atoms with Gasteiger partial charge >= 0.3 is 0 Å². The Bertz CT molecular complexity index is 584. The van der Waals surface area contributed by atoms with E-state index < -0.39 is 0 Å². The van der Waals surface area contributed by atoms with E-state index in [1.54, 1.807) is 11.3 Å². The normalized spacial score (nSPS) is 13.9. The van der Waals surface area contributed by atoms with Gasteiger partial charge in [0.15, 0.2) is 0 Å². The van der Waals surface area contributed by atoms with E-state index in [-0.39, 0.29) is 12.1 Å². The van der Waals surface area contributed by atoms with Gasteiger partial charge in [-0.05, 0) is 43.1 Å². The van der Waals surface area contributed by atoms with Crippen LogP contribution in [0.2, 0.25) is 0 Å². The fraction of sp³-hybridized carbons (Fsp3) is 0.312. The van der Waals surface area contributed by atoms with Crippen LogP contribution in [0.25, 0.3) is 0 Å². The molecule has 2 unspecified atom stereocenters. The molecule has 0 spiro atoms. The molecule has 1 heterocycles. The van der Waals surface area contributed by atoms with Crippen LogP contribution in [0.15, 0.2) is 41.8 Å². The summed E-state index contributed by atoms with van der Waals surface area (Å²) in [6, 6.07) is 14.3. The summed E-state index contributed by atoms with van der Waals surface area (Å²) in [4.78, 5) is 3.52. The summed E-state index contributed by atoms with van der Waals surface area (Å²) in [6.45, 7) is 2.81. The van der Waals surface area contributed by atoms with Gasteiger partial charge in [-0.1, -0.05) is 18.2 Å². The molecule has 1 aromatic carbocycles. The average molecular weight is 285 g/mol. The summed E-state index contributed by atoms with van der Waals surface area (Å²) >= 11 is 1.73. The fourth-order valence-corrected chi connectivity index (χ4v) is 3.47. The Labute approximate surface area is 124 Å². The van der Waals surface area contributed by atoms with Gasteiger partial charge in [0.25, 0.3) is 0 Å². The van der Waals surface area contributed by atoms with Crippen molar-refractivity contribution in [3.63, 3.8) is 0 Å². The topological polar surface area (TPSA) is 53.0 Å². The third kappa shape index (κ3) is 3.45. The highest BCUT2D eigenvalue weighted by Gasteiger charge is 2.22. The number of nitrogens with zero attached hydrogens (tertiary/aromatic N) is 2. The minimum atomic E-state index is 0.0535. The quantitative estimate of drug-likeness (QED) is 0.918. The zero-order valence-corrected chi connectivity index (χ0v) is 12.6. The van der Waals surface area contributed by atoms with Gasteiger partial charge in [-0.3, -0.25) is 4.90 Å². The maximum absolute atomic E-state index is 8.96. The molecule has 0 bridgehead atoms. The van der Waals surface area contributed by atoms with Crippen molar-refractivity contribution < 1.29 is 0 Å². The molecule has 0 saturated heterocycles. The number of hydrogen-bond acceptors (Lipinski definition) is 4. The molecule has 20 heavy (non-hydrogen) atoms. The van der Waals surface area contributed by atoms with Gasteiger partial charge in [-0.15, -0.1) is 11.3 Å². The minimum absolute atomic E-state index is 0.0535.